The molecule has 0 aliphatic carbocycles. The van der Waals surface area contributed by atoms with Gasteiger partial charge in [-0.25, -0.2) is 0 Å². The van der Waals surface area contributed by atoms with Crippen molar-refractivity contribution in [3.63, 3.8) is 0 Å². The lowest BCUT2D eigenvalue weighted by Crippen LogP contribution is -2.55. The quantitative estimate of drug-likeness (QED) is 0.225. The van der Waals surface area contributed by atoms with Gasteiger partial charge in [-0.15, -0.1) is 24.8 Å². The third kappa shape index (κ3) is 6.94. The van der Waals surface area contributed by atoms with Crippen molar-refractivity contribution in [3.8, 4) is 5.75 Å². The van der Waals surface area contributed by atoms with E-state index in [1.807, 2.05) is 54.6 Å². The number of fused-ring (bicyclic) bond motifs is 2. The molecule has 4 aromatic carbocycles. The first-order valence-corrected chi connectivity index (χ1v) is 14.3. The average Bonchev–Trinajstić information content (AvgIpc) is 3.11. The number of hydrogen-bond acceptors (Lipinski definition) is 6. The summed E-state index contributed by atoms with van der Waals surface area (Å²) in [5, 5.41) is 7.69. The summed E-state index contributed by atoms with van der Waals surface area (Å²) in [5.41, 5.74) is 8.70. The van der Waals surface area contributed by atoms with Crippen molar-refractivity contribution in [3.05, 3.63) is 94.5 Å². The van der Waals surface area contributed by atoms with E-state index in [2.05, 4.69) is 26.6 Å². The fraction of sp³-hybridized carbons (Fsp3) is 0.219. The van der Waals surface area contributed by atoms with Gasteiger partial charge in [-0.05, 0) is 79.3 Å². The SMILES string of the molecule is CNC(C)C(=O)NC1CN(C(=O)c2ccc(N)cc2)c2ccccc2N(Cc2c(OC)ccc3cc(Br)ccc23)C1=O.Cl.Cl. The van der Waals surface area contributed by atoms with E-state index in [9.17, 15) is 14.4 Å². The Morgan fingerprint density at radius 3 is 2.36 bits per heavy atom. The minimum Gasteiger partial charge on any atom is -0.496 e. The number of methoxy groups -OCH3 is 1. The van der Waals surface area contributed by atoms with Gasteiger partial charge in [0, 0.05) is 21.3 Å². The van der Waals surface area contributed by atoms with Crippen molar-refractivity contribution in [2.45, 2.75) is 25.6 Å². The molecule has 9 nitrogen and oxygen atoms in total. The predicted molar refractivity (Wildman–Crippen MR) is 183 cm³/mol. The molecule has 4 aromatic rings. The summed E-state index contributed by atoms with van der Waals surface area (Å²) in [4.78, 5) is 44.5. The molecule has 1 aliphatic heterocycles. The Balaban J connectivity index is 0.00000264. The molecule has 0 saturated carbocycles. The highest BCUT2D eigenvalue weighted by Crippen LogP contribution is 2.38. The maximum absolute atomic E-state index is 14.4. The summed E-state index contributed by atoms with van der Waals surface area (Å²) in [5.74, 6) is -0.388. The largest absolute Gasteiger partial charge is 0.496 e. The van der Waals surface area contributed by atoms with Crippen LogP contribution in [0, 0.1) is 0 Å². The van der Waals surface area contributed by atoms with Crippen molar-refractivity contribution in [2.24, 2.45) is 0 Å². The zero-order chi connectivity index (χ0) is 30.0. The molecule has 2 unspecified atom stereocenters. The molecule has 44 heavy (non-hydrogen) atoms. The zero-order valence-corrected chi connectivity index (χ0v) is 27.6. The van der Waals surface area contributed by atoms with Crippen LogP contribution in [0.15, 0.2) is 83.3 Å². The molecule has 0 bridgehead atoms. The number of benzene rings is 4. The van der Waals surface area contributed by atoms with Gasteiger partial charge in [0.2, 0.25) is 5.91 Å². The maximum Gasteiger partial charge on any atom is 0.258 e. The van der Waals surface area contributed by atoms with Gasteiger partial charge in [0.15, 0.2) is 0 Å². The first kappa shape index (κ1) is 34.7. The highest BCUT2D eigenvalue weighted by atomic mass is 79.9. The van der Waals surface area contributed by atoms with Crippen LogP contribution >= 0.6 is 40.7 Å². The Hall–Kier alpha value is -3.83. The highest BCUT2D eigenvalue weighted by molar-refractivity contribution is 9.10. The number of carbonyl (C=O) groups excluding carboxylic acids is 3. The summed E-state index contributed by atoms with van der Waals surface area (Å²) in [6.07, 6.45) is 0. The lowest BCUT2D eigenvalue weighted by molar-refractivity contribution is -0.128. The van der Waals surface area contributed by atoms with Gasteiger partial charge >= 0.3 is 0 Å². The smallest absolute Gasteiger partial charge is 0.258 e. The minimum absolute atomic E-state index is 0. The van der Waals surface area contributed by atoms with Crippen molar-refractivity contribution in [1.29, 1.82) is 0 Å². The summed E-state index contributed by atoms with van der Waals surface area (Å²) in [6, 6.07) is 22.1. The minimum atomic E-state index is -1.02. The number of nitrogens with zero attached hydrogens (tertiary/aromatic N) is 2. The second-order valence-electron chi connectivity index (χ2n) is 10.1. The second-order valence-corrected chi connectivity index (χ2v) is 11.0. The third-order valence-corrected chi connectivity index (χ3v) is 8.02. The second kappa shape index (κ2) is 14.8. The summed E-state index contributed by atoms with van der Waals surface area (Å²) >= 11 is 3.54. The molecule has 0 saturated heterocycles. The molecule has 232 valence electrons. The number of ether oxygens (including phenoxy) is 1. The molecule has 0 fully saturated rings. The Kier molecular flexibility index (Phi) is 11.6. The number of halogens is 3. The van der Waals surface area contributed by atoms with Gasteiger partial charge in [0.1, 0.15) is 11.8 Å². The van der Waals surface area contributed by atoms with Crippen LogP contribution in [0.4, 0.5) is 17.1 Å². The van der Waals surface area contributed by atoms with Crippen LogP contribution in [0.5, 0.6) is 5.75 Å². The van der Waals surface area contributed by atoms with Gasteiger partial charge in [-0.1, -0.05) is 40.2 Å². The number of para-hydroxylation sites is 2. The van der Waals surface area contributed by atoms with Gasteiger partial charge in [-0.2, -0.15) is 0 Å². The van der Waals surface area contributed by atoms with E-state index < -0.39 is 12.1 Å². The maximum atomic E-state index is 14.4. The van der Waals surface area contributed by atoms with Crippen LogP contribution in [-0.2, 0) is 16.1 Å². The lowest BCUT2D eigenvalue weighted by Gasteiger charge is -2.27. The Bertz CT molecular complexity index is 1670. The fourth-order valence-electron chi connectivity index (χ4n) is 5.12. The molecule has 0 spiro atoms. The standard InChI is InChI=1S/C32H32BrN5O4.2ClH/c1-19(35-2)30(39)36-26-18-38(31(40)20-8-12-23(34)13-9-20)28-7-5-4-6-27(28)37(32(26)41)17-25-24-14-11-22(33)16-21(24)10-15-29(25)42-3;;/h4-16,19,26,35H,17-18,34H2,1-3H3,(H,36,39);2*1H. The van der Waals surface area contributed by atoms with Crippen molar-refractivity contribution in [2.75, 3.05) is 36.2 Å². The molecule has 12 heteroatoms. The van der Waals surface area contributed by atoms with E-state index in [0.717, 1.165) is 20.8 Å². The van der Waals surface area contributed by atoms with Crippen LogP contribution in [0.1, 0.15) is 22.8 Å². The van der Waals surface area contributed by atoms with Crippen molar-refractivity contribution >= 4 is 86.3 Å². The summed E-state index contributed by atoms with van der Waals surface area (Å²) < 4.78 is 6.67. The van der Waals surface area contributed by atoms with Gasteiger partial charge in [0.25, 0.3) is 11.8 Å². The Labute approximate surface area is 277 Å². The molecule has 4 N–H and O–H groups in total. The summed E-state index contributed by atoms with van der Waals surface area (Å²) in [7, 11) is 3.26. The Morgan fingerprint density at radius 2 is 1.70 bits per heavy atom. The molecular formula is C32H34BrCl2N5O4. The number of amides is 3. The molecule has 5 rings (SSSR count). The highest BCUT2D eigenvalue weighted by Gasteiger charge is 2.38. The molecule has 0 radical (unpaired) electrons. The predicted octanol–water partition coefficient (Wildman–Crippen LogP) is 5.32. The van der Waals surface area contributed by atoms with E-state index in [1.54, 1.807) is 55.1 Å². The van der Waals surface area contributed by atoms with E-state index in [1.165, 1.54) is 0 Å². The van der Waals surface area contributed by atoms with Gasteiger partial charge in [0.05, 0.1) is 37.6 Å². The van der Waals surface area contributed by atoms with Crippen LogP contribution in [0.2, 0.25) is 0 Å². The van der Waals surface area contributed by atoms with E-state index >= 15 is 0 Å². The fourth-order valence-corrected chi connectivity index (χ4v) is 5.49. The number of rotatable bonds is 7. The number of nitrogens with one attached hydrogen (secondary N) is 2. The first-order valence-electron chi connectivity index (χ1n) is 13.5. The number of carbonyl (C=O) groups is 3. The van der Waals surface area contributed by atoms with E-state index in [-0.39, 0.29) is 55.6 Å². The summed E-state index contributed by atoms with van der Waals surface area (Å²) in [6.45, 7) is 1.80. The van der Waals surface area contributed by atoms with Crippen LogP contribution in [-0.4, -0.2) is 50.5 Å². The number of hydrogen-bond donors (Lipinski definition) is 3. The monoisotopic (exact) mass is 701 g/mol. The van der Waals surface area contributed by atoms with Crippen LogP contribution in [0.3, 0.4) is 0 Å². The number of nitrogen functional groups attached to an aromatic ring is 1. The van der Waals surface area contributed by atoms with Gasteiger partial charge in [-0.3, -0.25) is 14.4 Å². The third-order valence-electron chi connectivity index (χ3n) is 7.52. The van der Waals surface area contributed by atoms with Crippen molar-refractivity contribution in [1.82, 2.24) is 10.6 Å². The molecule has 0 aromatic heterocycles. The zero-order valence-electron chi connectivity index (χ0n) is 24.4. The number of anilines is 3. The van der Waals surface area contributed by atoms with Crippen LogP contribution < -0.4 is 30.9 Å². The molecule has 1 aliphatic rings. The molecule has 2 atom stereocenters. The first-order chi connectivity index (χ1) is 20.2. The lowest BCUT2D eigenvalue weighted by atomic mass is 10.0. The molecule has 3 amide bonds. The topological polar surface area (TPSA) is 117 Å². The molecular weight excluding hydrogens is 669 g/mol. The Morgan fingerprint density at radius 1 is 1.02 bits per heavy atom. The van der Waals surface area contributed by atoms with E-state index in [0.29, 0.717) is 28.4 Å². The molecule has 1 heterocycles. The van der Waals surface area contributed by atoms with E-state index in [4.69, 9.17) is 10.5 Å². The number of likely N-dealkylation sites (N-methyl/N-ethyl adjacent to an activating group) is 1. The van der Waals surface area contributed by atoms with Gasteiger partial charge < -0.3 is 30.9 Å². The average molecular weight is 703 g/mol. The normalized spacial score (nSPS) is 14.9. The van der Waals surface area contributed by atoms with Crippen LogP contribution in [0.25, 0.3) is 10.8 Å². The van der Waals surface area contributed by atoms with Crippen molar-refractivity contribution < 1.29 is 19.1 Å². The number of nitrogens with two attached hydrogens (primary N) is 1.